The molecule has 0 atom stereocenters. The lowest BCUT2D eigenvalue weighted by molar-refractivity contribution is 0.164. The minimum absolute atomic E-state index is 0.00455. The van der Waals surface area contributed by atoms with E-state index in [1.165, 1.54) is 11.3 Å². The maximum Gasteiger partial charge on any atom is 0.321 e. The summed E-state index contributed by atoms with van der Waals surface area (Å²) in [6.07, 6.45) is 3.10. The molecule has 0 spiro atoms. The van der Waals surface area contributed by atoms with E-state index in [2.05, 4.69) is 70.9 Å². The van der Waals surface area contributed by atoms with Crippen molar-refractivity contribution < 1.29 is 4.79 Å². The predicted octanol–water partition coefficient (Wildman–Crippen LogP) is 3.88. The summed E-state index contributed by atoms with van der Waals surface area (Å²) in [5, 5.41) is 3.19. The van der Waals surface area contributed by atoms with Gasteiger partial charge in [-0.2, -0.15) is 0 Å². The smallest absolute Gasteiger partial charge is 0.321 e. The zero-order chi connectivity index (χ0) is 18.8. The lowest BCUT2D eigenvalue weighted by atomic mass is 10.1. The van der Waals surface area contributed by atoms with E-state index in [9.17, 15) is 4.79 Å². The number of para-hydroxylation sites is 1. The molecule has 2 aliphatic heterocycles. The average molecular weight is 383 g/mol. The summed E-state index contributed by atoms with van der Waals surface area (Å²) < 4.78 is 0. The van der Waals surface area contributed by atoms with Gasteiger partial charge in [-0.15, -0.1) is 11.8 Å². The molecule has 0 unspecified atom stereocenters. The first-order valence-electron chi connectivity index (χ1n) is 9.43. The molecule has 5 nitrogen and oxygen atoms in total. The van der Waals surface area contributed by atoms with Crippen LogP contribution in [0.1, 0.15) is 5.56 Å². The molecule has 2 aromatic carbocycles. The Bertz CT molecular complexity index is 833. The van der Waals surface area contributed by atoms with Gasteiger partial charge < -0.3 is 20.0 Å². The molecule has 1 N–H and O–H groups in total. The number of fused-ring (bicyclic) bond motifs is 1. The number of anilines is 3. The van der Waals surface area contributed by atoms with Gasteiger partial charge in [-0.3, -0.25) is 0 Å². The Labute approximate surface area is 165 Å². The van der Waals surface area contributed by atoms with Gasteiger partial charge in [0.05, 0.1) is 11.4 Å². The van der Waals surface area contributed by atoms with Crippen LogP contribution in [0.2, 0.25) is 0 Å². The number of likely N-dealkylation sites (N-methyl/N-ethyl adjacent to an activating group) is 1. The second-order valence-corrected chi connectivity index (χ2v) is 8.01. The number of nitrogens with one attached hydrogen (secondary N) is 1. The number of hydrogen-bond acceptors (Lipinski definition) is 4. The Morgan fingerprint density at radius 1 is 1.00 bits per heavy atom. The topological polar surface area (TPSA) is 38.8 Å². The van der Waals surface area contributed by atoms with Crippen molar-refractivity contribution in [1.82, 2.24) is 9.80 Å². The first-order valence-corrected chi connectivity index (χ1v) is 10.7. The summed E-state index contributed by atoms with van der Waals surface area (Å²) in [7, 11) is 2.10. The Morgan fingerprint density at radius 2 is 1.78 bits per heavy atom. The highest BCUT2D eigenvalue weighted by Gasteiger charge is 2.24. The van der Waals surface area contributed by atoms with Gasteiger partial charge in [0.15, 0.2) is 0 Å². The number of carbonyl (C=O) groups excluding carboxylic acids is 1. The summed E-state index contributed by atoms with van der Waals surface area (Å²) in [5.41, 5.74) is 4.56. The third-order valence-electron chi connectivity index (χ3n) is 5.41. The molecular weight excluding hydrogens is 356 g/mol. The van der Waals surface area contributed by atoms with E-state index in [0.29, 0.717) is 0 Å². The van der Waals surface area contributed by atoms with Crippen LogP contribution in [0.3, 0.4) is 0 Å². The molecule has 4 rings (SSSR count). The summed E-state index contributed by atoms with van der Waals surface area (Å²) in [4.78, 5) is 20.5. The second-order valence-electron chi connectivity index (χ2n) is 7.13. The highest BCUT2D eigenvalue weighted by atomic mass is 32.2. The van der Waals surface area contributed by atoms with E-state index in [0.717, 1.165) is 55.4 Å². The summed E-state index contributed by atoms with van der Waals surface area (Å²) in [6, 6.07) is 14.9. The number of nitrogens with zero attached hydrogens (tertiary/aromatic N) is 3. The molecule has 0 aromatic heterocycles. The van der Waals surface area contributed by atoms with E-state index < -0.39 is 0 Å². The van der Waals surface area contributed by atoms with Crippen LogP contribution in [-0.2, 0) is 6.42 Å². The van der Waals surface area contributed by atoms with Gasteiger partial charge in [-0.1, -0.05) is 18.2 Å². The lowest BCUT2D eigenvalue weighted by Crippen LogP contribution is -2.48. The standard InChI is InChI=1S/C21H26N4OS/c1-23-11-13-24(14-12-23)21(26)22-18-15-17(27-2)7-8-20(18)25-10-9-16-5-3-4-6-19(16)25/h3-8,15H,9-14H2,1-2H3,(H,22,26). The van der Waals surface area contributed by atoms with Crippen molar-refractivity contribution >= 4 is 34.9 Å². The zero-order valence-electron chi connectivity index (χ0n) is 15.9. The number of benzene rings is 2. The van der Waals surface area contributed by atoms with E-state index in [4.69, 9.17) is 0 Å². The zero-order valence-corrected chi connectivity index (χ0v) is 16.8. The number of rotatable bonds is 3. The van der Waals surface area contributed by atoms with Crippen molar-refractivity contribution in [2.45, 2.75) is 11.3 Å². The minimum Gasteiger partial charge on any atom is -0.339 e. The average Bonchev–Trinajstić information content (AvgIpc) is 3.12. The van der Waals surface area contributed by atoms with Gasteiger partial charge in [0.2, 0.25) is 0 Å². The van der Waals surface area contributed by atoms with Gasteiger partial charge >= 0.3 is 6.03 Å². The van der Waals surface area contributed by atoms with Crippen molar-refractivity contribution in [2.75, 3.05) is 56.2 Å². The maximum atomic E-state index is 12.9. The monoisotopic (exact) mass is 382 g/mol. The number of carbonyl (C=O) groups is 1. The Kier molecular flexibility index (Phi) is 5.27. The largest absolute Gasteiger partial charge is 0.339 e. The molecule has 6 heteroatoms. The fourth-order valence-corrected chi connectivity index (χ4v) is 4.21. The van der Waals surface area contributed by atoms with Crippen molar-refractivity contribution in [3.63, 3.8) is 0 Å². The highest BCUT2D eigenvalue weighted by molar-refractivity contribution is 7.98. The molecule has 1 fully saturated rings. The predicted molar refractivity (Wildman–Crippen MR) is 113 cm³/mol. The molecule has 0 radical (unpaired) electrons. The normalized spacial score (nSPS) is 17.1. The van der Waals surface area contributed by atoms with Crippen LogP contribution in [-0.4, -0.2) is 61.9 Å². The number of hydrogen-bond donors (Lipinski definition) is 1. The first-order chi connectivity index (χ1) is 13.2. The molecule has 27 heavy (non-hydrogen) atoms. The Balaban J connectivity index is 1.61. The number of amides is 2. The van der Waals surface area contributed by atoms with Crippen LogP contribution in [0.25, 0.3) is 0 Å². The van der Waals surface area contributed by atoms with Crippen LogP contribution in [0.4, 0.5) is 21.9 Å². The highest BCUT2D eigenvalue weighted by Crippen LogP contribution is 2.39. The van der Waals surface area contributed by atoms with Crippen LogP contribution >= 0.6 is 11.8 Å². The number of urea groups is 1. The van der Waals surface area contributed by atoms with E-state index in [1.54, 1.807) is 11.8 Å². The Morgan fingerprint density at radius 3 is 2.56 bits per heavy atom. The van der Waals surface area contributed by atoms with Crippen LogP contribution in [0.15, 0.2) is 47.4 Å². The van der Waals surface area contributed by atoms with Crippen LogP contribution in [0, 0.1) is 0 Å². The van der Waals surface area contributed by atoms with Crippen molar-refractivity contribution in [3.8, 4) is 0 Å². The Hall–Kier alpha value is -2.18. The molecule has 0 bridgehead atoms. The van der Waals surface area contributed by atoms with E-state index in [1.807, 2.05) is 4.90 Å². The van der Waals surface area contributed by atoms with E-state index >= 15 is 0 Å². The molecule has 0 aliphatic carbocycles. The first kappa shape index (κ1) is 18.2. The van der Waals surface area contributed by atoms with E-state index in [-0.39, 0.29) is 6.03 Å². The summed E-state index contributed by atoms with van der Waals surface area (Å²) in [6.45, 7) is 4.32. The van der Waals surface area contributed by atoms with Crippen molar-refractivity contribution in [2.24, 2.45) is 0 Å². The summed E-state index contributed by atoms with van der Waals surface area (Å²) in [5.74, 6) is 0. The van der Waals surface area contributed by atoms with Crippen LogP contribution in [0.5, 0.6) is 0 Å². The molecule has 2 aromatic rings. The SMILES string of the molecule is CSc1ccc(N2CCc3ccccc32)c(NC(=O)N2CCN(C)CC2)c1. The molecule has 2 heterocycles. The van der Waals surface area contributed by atoms with Crippen molar-refractivity contribution in [3.05, 3.63) is 48.0 Å². The number of thioether (sulfide) groups is 1. The summed E-state index contributed by atoms with van der Waals surface area (Å²) >= 11 is 1.69. The van der Waals surface area contributed by atoms with Gasteiger partial charge in [-0.25, -0.2) is 4.79 Å². The third-order valence-corrected chi connectivity index (χ3v) is 6.14. The molecule has 1 saturated heterocycles. The second kappa shape index (κ2) is 7.82. The van der Waals surface area contributed by atoms with Gasteiger partial charge in [0.25, 0.3) is 0 Å². The molecule has 2 amide bonds. The third kappa shape index (κ3) is 3.77. The fourth-order valence-electron chi connectivity index (χ4n) is 3.77. The van der Waals surface area contributed by atoms with Crippen molar-refractivity contribution in [1.29, 1.82) is 0 Å². The maximum absolute atomic E-state index is 12.9. The minimum atomic E-state index is -0.00455. The number of piperazine rings is 1. The molecular formula is C21H26N4OS. The molecule has 2 aliphatic rings. The quantitative estimate of drug-likeness (QED) is 0.818. The lowest BCUT2D eigenvalue weighted by Gasteiger charge is -2.33. The molecule has 142 valence electrons. The fraction of sp³-hybridized carbons (Fsp3) is 0.381. The van der Waals surface area contributed by atoms with Gasteiger partial charge in [0.1, 0.15) is 0 Å². The van der Waals surface area contributed by atoms with Crippen LogP contribution < -0.4 is 10.2 Å². The van der Waals surface area contributed by atoms with Gasteiger partial charge in [-0.05, 0) is 49.6 Å². The van der Waals surface area contributed by atoms with Gasteiger partial charge in [0, 0.05) is 43.3 Å². The molecule has 0 saturated carbocycles.